The Bertz CT molecular complexity index is 394. The molecule has 2 N–H and O–H groups in total. The predicted octanol–water partition coefficient (Wildman–Crippen LogP) is 1.14. The minimum atomic E-state index is 0.0600. The van der Waals surface area contributed by atoms with E-state index in [1.165, 1.54) is 17.7 Å². The Hall–Kier alpha value is -1.50. The smallest absolute Gasteiger partial charge is 0.206 e. The van der Waals surface area contributed by atoms with Gasteiger partial charge in [-0.2, -0.15) is 5.10 Å². The van der Waals surface area contributed by atoms with Crippen LogP contribution in [0.4, 0.5) is 5.13 Å². The van der Waals surface area contributed by atoms with Gasteiger partial charge in [0.05, 0.1) is 6.04 Å². The summed E-state index contributed by atoms with van der Waals surface area (Å²) in [6.45, 7) is 3.90. The second-order valence-electron chi connectivity index (χ2n) is 2.86. The summed E-state index contributed by atoms with van der Waals surface area (Å²) in [6, 6.07) is 0.0600. The van der Waals surface area contributed by atoms with Gasteiger partial charge in [0.2, 0.25) is 5.13 Å². The zero-order valence-electron chi connectivity index (χ0n) is 7.85. The molecule has 1 atom stereocenters. The Balaban J connectivity index is 2.05. The maximum absolute atomic E-state index is 4.05. The summed E-state index contributed by atoms with van der Waals surface area (Å²) in [4.78, 5) is 4.05. The molecule has 0 aliphatic carbocycles. The van der Waals surface area contributed by atoms with Crippen LogP contribution in [0.3, 0.4) is 0 Å². The van der Waals surface area contributed by atoms with Gasteiger partial charge >= 0.3 is 0 Å². The molecule has 14 heavy (non-hydrogen) atoms. The lowest BCUT2D eigenvalue weighted by Gasteiger charge is -2.07. The standard InChI is InChI=1S/C7H10N6S/c1-4(6-8-3-9-12-6)10-7-13-11-5(2)14-7/h3-4H,1-2H3,(H,10,13)(H,8,9,12). The summed E-state index contributed by atoms with van der Waals surface area (Å²) < 4.78 is 0. The third kappa shape index (κ3) is 1.87. The molecule has 0 saturated heterocycles. The lowest BCUT2D eigenvalue weighted by molar-refractivity contribution is 0.790. The largest absolute Gasteiger partial charge is 0.350 e. The first-order valence-corrected chi connectivity index (χ1v) is 4.99. The fourth-order valence-electron chi connectivity index (χ4n) is 1.03. The first kappa shape index (κ1) is 9.07. The Kier molecular flexibility index (Phi) is 2.40. The van der Waals surface area contributed by atoms with Gasteiger partial charge in [0.15, 0.2) is 0 Å². The van der Waals surface area contributed by atoms with Crippen LogP contribution in [-0.4, -0.2) is 25.4 Å². The van der Waals surface area contributed by atoms with Gasteiger partial charge in [-0.1, -0.05) is 11.3 Å². The number of aromatic amines is 1. The van der Waals surface area contributed by atoms with Gasteiger partial charge in [0.25, 0.3) is 0 Å². The lowest BCUT2D eigenvalue weighted by atomic mass is 10.3. The van der Waals surface area contributed by atoms with Crippen LogP contribution < -0.4 is 5.32 Å². The molecule has 0 saturated carbocycles. The zero-order valence-corrected chi connectivity index (χ0v) is 8.67. The van der Waals surface area contributed by atoms with Crippen molar-refractivity contribution < 1.29 is 0 Å². The maximum Gasteiger partial charge on any atom is 0.206 e. The van der Waals surface area contributed by atoms with Gasteiger partial charge in [-0.3, -0.25) is 5.10 Å². The number of hydrogen-bond acceptors (Lipinski definition) is 6. The molecular weight excluding hydrogens is 200 g/mol. The first-order chi connectivity index (χ1) is 6.75. The number of aromatic nitrogens is 5. The summed E-state index contributed by atoms with van der Waals surface area (Å²) in [6.07, 6.45) is 1.48. The van der Waals surface area contributed by atoms with Gasteiger partial charge < -0.3 is 5.32 Å². The Labute approximate surface area is 84.8 Å². The number of nitrogens with zero attached hydrogens (tertiary/aromatic N) is 4. The van der Waals surface area contributed by atoms with Crippen molar-refractivity contribution in [3.63, 3.8) is 0 Å². The number of H-pyrrole nitrogens is 1. The molecule has 0 radical (unpaired) electrons. The average Bonchev–Trinajstić information content (AvgIpc) is 2.75. The van der Waals surface area contributed by atoms with Crippen LogP contribution in [0.5, 0.6) is 0 Å². The van der Waals surface area contributed by atoms with Crippen LogP contribution >= 0.6 is 11.3 Å². The van der Waals surface area contributed by atoms with E-state index in [0.29, 0.717) is 0 Å². The van der Waals surface area contributed by atoms with E-state index in [9.17, 15) is 0 Å². The minimum absolute atomic E-state index is 0.0600. The van der Waals surface area contributed by atoms with Gasteiger partial charge in [-0.25, -0.2) is 4.98 Å². The second kappa shape index (κ2) is 3.70. The molecule has 0 amide bonds. The van der Waals surface area contributed by atoms with Gasteiger partial charge in [-0.15, -0.1) is 10.2 Å². The molecule has 1 unspecified atom stereocenters. The van der Waals surface area contributed by atoms with E-state index in [1.807, 2.05) is 13.8 Å². The van der Waals surface area contributed by atoms with E-state index in [0.717, 1.165) is 16.0 Å². The number of nitrogens with one attached hydrogen (secondary N) is 2. The average molecular weight is 210 g/mol. The summed E-state index contributed by atoms with van der Waals surface area (Å²) in [5.41, 5.74) is 0. The normalized spacial score (nSPS) is 12.7. The molecule has 0 aromatic carbocycles. The van der Waals surface area contributed by atoms with Crippen LogP contribution in [0, 0.1) is 6.92 Å². The van der Waals surface area contributed by atoms with E-state index in [4.69, 9.17) is 0 Å². The van der Waals surface area contributed by atoms with E-state index < -0.39 is 0 Å². The van der Waals surface area contributed by atoms with Crippen molar-refractivity contribution in [3.05, 3.63) is 17.2 Å². The topological polar surface area (TPSA) is 79.4 Å². The molecule has 0 fully saturated rings. The number of anilines is 1. The quantitative estimate of drug-likeness (QED) is 0.794. The molecule has 7 heteroatoms. The SMILES string of the molecule is Cc1nnc(NC(C)c2ncn[nH]2)s1. The van der Waals surface area contributed by atoms with Crippen LogP contribution in [0.2, 0.25) is 0 Å². The molecule has 2 aromatic heterocycles. The first-order valence-electron chi connectivity index (χ1n) is 4.17. The van der Waals surface area contributed by atoms with Crippen LogP contribution in [-0.2, 0) is 0 Å². The molecule has 0 bridgehead atoms. The van der Waals surface area contributed by atoms with E-state index >= 15 is 0 Å². The molecule has 0 aliphatic rings. The highest BCUT2D eigenvalue weighted by molar-refractivity contribution is 7.15. The summed E-state index contributed by atoms with van der Waals surface area (Å²) >= 11 is 1.52. The second-order valence-corrected chi connectivity index (χ2v) is 4.04. The van der Waals surface area contributed by atoms with Gasteiger partial charge in [0.1, 0.15) is 17.2 Å². The molecule has 2 rings (SSSR count). The highest BCUT2D eigenvalue weighted by Gasteiger charge is 2.09. The summed E-state index contributed by atoms with van der Waals surface area (Å²) in [7, 11) is 0. The molecule has 0 spiro atoms. The number of rotatable bonds is 3. The fraction of sp³-hybridized carbons (Fsp3) is 0.429. The van der Waals surface area contributed by atoms with Gasteiger partial charge in [0, 0.05) is 0 Å². The highest BCUT2D eigenvalue weighted by atomic mass is 32.1. The van der Waals surface area contributed by atoms with Crippen molar-refractivity contribution in [1.29, 1.82) is 0 Å². The van der Waals surface area contributed by atoms with Crippen LogP contribution in [0.1, 0.15) is 23.8 Å². The number of aryl methyl sites for hydroxylation is 1. The van der Waals surface area contributed by atoms with E-state index in [1.54, 1.807) is 0 Å². The molecular formula is C7H10N6S. The molecule has 6 nitrogen and oxygen atoms in total. The van der Waals surface area contributed by atoms with Crippen molar-refractivity contribution in [3.8, 4) is 0 Å². The summed E-state index contributed by atoms with van der Waals surface area (Å²) in [5.74, 6) is 0.790. The van der Waals surface area contributed by atoms with Crippen molar-refractivity contribution >= 4 is 16.5 Å². The molecule has 74 valence electrons. The van der Waals surface area contributed by atoms with Crippen LogP contribution in [0.15, 0.2) is 6.33 Å². The fourth-order valence-corrected chi connectivity index (χ4v) is 1.71. The lowest BCUT2D eigenvalue weighted by Crippen LogP contribution is -2.08. The van der Waals surface area contributed by atoms with Crippen molar-refractivity contribution in [2.75, 3.05) is 5.32 Å². The molecule has 2 heterocycles. The monoisotopic (exact) mass is 210 g/mol. The van der Waals surface area contributed by atoms with Crippen molar-refractivity contribution in [2.45, 2.75) is 19.9 Å². The van der Waals surface area contributed by atoms with Gasteiger partial charge in [-0.05, 0) is 13.8 Å². The molecule has 0 aliphatic heterocycles. The third-order valence-electron chi connectivity index (χ3n) is 1.71. The highest BCUT2D eigenvalue weighted by Crippen LogP contribution is 2.19. The Morgan fingerprint density at radius 3 is 2.93 bits per heavy atom. The summed E-state index contributed by atoms with van der Waals surface area (Å²) in [5, 5.41) is 19.4. The minimum Gasteiger partial charge on any atom is -0.350 e. The molecule has 2 aromatic rings. The third-order valence-corrected chi connectivity index (χ3v) is 2.48. The van der Waals surface area contributed by atoms with Crippen LogP contribution in [0.25, 0.3) is 0 Å². The number of hydrogen-bond donors (Lipinski definition) is 2. The predicted molar refractivity (Wildman–Crippen MR) is 53.1 cm³/mol. The van der Waals surface area contributed by atoms with Crippen molar-refractivity contribution in [1.82, 2.24) is 25.4 Å². The Morgan fingerprint density at radius 2 is 2.36 bits per heavy atom. The maximum atomic E-state index is 4.05. The zero-order chi connectivity index (χ0) is 9.97. The Morgan fingerprint density at radius 1 is 1.50 bits per heavy atom. The van der Waals surface area contributed by atoms with Crippen molar-refractivity contribution in [2.24, 2.45) is 0 Å². The van der Waals surface area contributed by atoms with E-state index in [2.05, 4.69) is 30.7 Å². The van der Waals surface area contributed by atoms with E-state index in [-0.39, 0.29) is 6.04 Å².